The molecule has 1 aliphatic rings. The number of carboxylic acid groups (broad SMARTS) is 1. The number of rotatable bonds is 5. The highest BCUT2D eigenvalue weighted by Crippen LogP contribution is 2.25. The fourth-order valence-corrected chi connectivity index (χ4v) is 3.08. The number of hydrogen-bond donors (Lipinski definition) is 3. The van der Waals surface area contributed by atoms with E-state index < -0.39 is 17.9 Å². The number of nitrogens with zero attached hydrogens (tertiary/aromatic N) is 1. The lowest BCUT2D eigenvalue weighted by Crippen LogP contribution is -2.41. The number of carboxylic acids is 1. The maximum absolute atomic E-state index is 12.0. The molecular formula is C16H18N2O4. The first-order valence-corrected chi connectivity index (χ1v) is 7.28. The summed E-state index contributed by atoms with van der Waals surface area (Å²) < 4.78 is 0. The lowest BCUT2D eigenvalue weighted by Gasteiger charge is -2.26. The fourth-order valence-electron chi connectivity index (χ4n) is 3.08. The molecule has 6 heteroatoms. The topological polar surface area (TPSA) is 93.6 Å². The fraction of sp³-hybridized carbons (Fsp3) is 0.375. The normalized spacial score (nSPS) is 19.8. The van der Waals surface area contributed by atoms with Crippen molar-refractivity contribution in [3.8, 4) is 0 Å². The molecule has 0 spiro atoms. The Morgan fingerprint density at radius 3 is 2.86 bits per heavy atom. The van der Waals surface area contributed by atoms with Crippen LogP contribution >= 0.6 is 0 Å². The quantitative estimate of drug-likeness (QED) is 0.768. The molecule has 2 unspecified atom stereocenters. The van der Waals surface area contributed by atoms with Crippen LogP contribution in [0.3, 0.4) is 0 Å². The lowest BCUT2D eigenvalue weighted by molar-refractivity contribution is -0.141. The van der Waals surface area contributed by atoms with Crippen molar-refractivity contribution in [1.29, 1.82) is 0 Å². The van der Waals surface area contributed by atoms with E-state index in [-0.39, 0.29) is 25.5 Å². The first-order valence-electron chi connectivity index (χ1n) is 7.28. The third kappa shape index (κ3) is 2.57. The summed E-state index contributed by atoms with van der Waals surface area (Å²) in [4.78, 5) is 27.7. The first-order chi connectivity index (χ1) is 10.6. The van der Waals surface area contributed by atoms with Crippen LogP contribution in [-0.4, -0.2) is 51.2 Å². The molecule has 22 heavy (non-hydrogen) atoms. The van der Waals surface area contributed by atoms with Gasteiger partial charge in [0.1, 0.15) is 0 Å². The summed E-state index contributed by atoms with van der Waals surface area (Å²) in [6.45, 7) is -0.0145. The van der Waals surface area contributed by atoms with Gasteiger partial charge in [0.15, 0.2) is 0 Å². The number of aromatic nitrogens is 1. The third-order valence-electron chi connectivity index (χ3n) is 4.29. The zero-order chi connectivity index (χ0) is 15.7. The molecule has 1 aromatic carbocycles. The minimum absolute atomic E-state index is 0.0136. The number of hydrogen-bond acceptors (Lipinski definition) is 3. The first kappa shape index (κ1) is 14.6. The molecular weight excluding hydrogens is 284 g/mol. The maximum atomic E-state index is 12.0. The Morgan fingerprint density at radius 2 is 2.18 bits per heavy atom. The highest BCUT2D eigenvalue weighted by molar-refractivity contribution is 5.86. The van der Waals surface area contributed by atoms with E-state index in [1.165, 1.54) is 4.90 Å². The van der Waals surface area contributed by atoms with Gasteiger partial charge in [0.2, 0.25) is 5.91 Å². The number of likely N-dealkylation sites (tertiary alicyclic amines) is 1. The Bertz CT molecular complexity index is 709. The molecule has 0 aliphatic carbocycles. The van der Waals surface area contributed by atoms with E-state index in [0.717, 1.165) is 16.5 Å². The number of aliphatic hydroxyl groups excluding tert-OH is 1. The molecule has 3 N–H and O–H groups in total. The van der Waals surface area contributed by atoms with Crippen molar-refractivity contribution in [2.75, 3.05) is 13.2 Å². The number of aromatic amines is 1. The number of aliphatic hydroxyl groups is 1. The van der Waals surface area contributed by atoms with Gasteiger partial charge in [-0.15, -0.1) is 0 Å². The number of nitrogens with one attached hydrogen (secondary N) is 1. The summed E-state index contributed by atoms with van der Waals surface area (Å²) in [5, 5.41) is 19.8. The predicted molar refractivity (Wildman–Crippen MR) is 80.3 cm³/mol. The summed E-state index contributed by atoms with van der Waals surface area (Å²) in [5.41, 5.74) is 2.02. The van der Waals surface area contributed by atoms with Gasteiger partial charge in [0.25, 0.3) is 0 Å². The number of carbonyl (C=O) groups is 2. The van der Waals surface area contributed by atoms with E-state index in [9.17, 15) is 14.7 Å². The third-order valence-corrected chi connectivity index (χ3v) is 4.29. The Hall–Kier alpha value is -2.34. The van der Waals surface area contributed by atoms with Gasteiger partial charge in [0, 0.05) is 30.1 Å². The van der Waals surface area contributed by atoms with Gasteiger partial charge in [-0.05, 0) is 18.1 Å². The summed E-state index contributed by atoms with van der Waals surface area (Å²) in [7, 11) is 0. The molecule has 0 radical (unpaired) electrons. The van der Waals surface area contributed by atoms with Crippen LogP contribution in [-0.2, 0) is 16.0 Å². The number of para-hydroxylation sites is 1. The van der Waals surface area contributed by atoms with E-state index in [2.05, 4.69) is 4.98 Å². The van der Waals surface area contributed by atoms with Gasteiger partial charge >= 0.3 is 5.97 Å². The van der Waals surface area contributed by atoms with Crippen molar-refractivity contribution < 1.29 is 19.8 Å². The van der Waals surface area contributed by atoms with E-state index in [1.54, 1.807) is 0 Å². The second-order valence-electron chi connectivity index (χ2n) is 5.69. The Labute approximate surface area is 127 Å². The van der Waals surface area contributed by atoms with E-state index in [1.807, 2.05) is 30.5 Å². The van der Waals surface area contributed by atoms with Crippen LogP contribution in [0.5, 0.6) is 0 Å². The standard InChI is InChI=1S/C16H18N2O4/c19-9-12(18-8-11(16(21)22)6-15(18)20)5-10-7-17-14-4-2-1-3-13(10)14/h1-4,7,11-12,17,19H,5-6,8-9H2,(H,21,22). The average Bonchev–Trinajstić information content (AvgIpc) is 3.09. The van der Waals surface area contributed by atoms with Crippen LogP contribution in [0.15, 0.2) is 30.5 Å². The van der Waals surface area contributed by atoms with Gasteiger partial charge < -0.3 is 20.1 Å². The Kier molecular flexibility index (Phi) is 3.85. The van der Waals surface area contributed by atoms with Gasteiger partial charge in [-0.2, -0.15) is 0 Å². The molecule has 6 nitrogen and oxygen atoms in total. The molecule has 0 bridgehead atoms. The molecule has 1 aliphatic heterocycles. The summed E-state index contributed by atoms with van der Waals surface area (Å²) in [5.74, 6) is -1.84. The number of amides is 1. The molecule has 1 saturated heterocycles. The number of aliphatic carboxylic acids is 1. The summed E-state index contributed by atoms with van der Waals surface area (Å²) in [6.07, 6.45) is 2.39. The zero-order valence-corrected chi connectivity index (χ0v) is 12.0. The van der Waals surface area contributed by atoms with E-state index >= 15 is 0 Å². The lowest BCUT2D eigenvalue weighted by atomic mass is 10.0. The molecule has 116 valence electrons. The number of benzene rings is 1. The van der Waals surface area contributed by atoms with Crippen molar-refractivity contribution in [2.24, 2.45) is 5.92 Å². The van der Waals surface area contributed by atoms with Crippen LogP contribution < -0.4 is 0 Å². The van der Waals surface area contributed by atoms with Crippen LogP contribution in [0.25, 0.3) is 10.9 Å². The largest absolute Gasteiger partial charge is 0.481 e. The second-order valence-corrected chi connectivity index (χ2v) is 5.69. The average molecular weight is 302 g/mol. The van der Waals surface area contributed by atoms with Crippen molar-refractivity contribution in [2.45, 2.75) is 18.9 Å². The van der Waals surface area contributed by atoms with Crippen LogP contribution in [0.2, 0.25) is 0 Å². The second kappa shape index (κ2) is 5.81. The van der Waals surface area contributed by atoms with Gasteiger partial charge in [0.05, 0.1) is 18.6 Å². The van der Waals surface area contributed by atoms with E-state index in [4.69, 9.17) is 5.11 Å². The minimum atomic E-state index is -0.959. The molecule has 3 rings (SSSR count). The van der Waals surface area contributed by atoms with Gasteiger partial charge in [-0.1, -0.05) is 18.2 Å². The molecule has 1 fully saturated rings. The van der Waals surface area contributed by atoms with Gasteiger partial charge in [-0.3, -0.25) is 9.59 Å². The predicted octanol–water partition coefficient (Wildman–Crippen LogP) is 1.00. The summed E-state index contributed by atoms with van der Waals surface area (Å²) >= 11 is 0. The SMILES string of the molecule is O=C(O)C1CC(=O)N(C(CO)Cc2c[nH]c3ccccc23)C1. The minimum Gasteiger partial charge on any atom is -0.481 e. The highest BCUT2D eigenvalue weighted by atomic mass is 16.4. The van der Waals surface area contributed by atoms with Crippen molar-refractivity contribution in [3.63, 3.8) is 0 Å². The number of fused-ring (bicyclic) bond motifs is 1. The molecule has 1 amide bonds. The molecule has 2 aromatic rings. The smallest absolute Gasteiger partial charge is 0.308 e. The van der Waals surface area contributed by atoms with Crippen LogP contribution in [0.1, 0.15) is 12.0 Å². The van der Waals surface area contributed by atoms with Crippen LogP contribution in [0, 0.1) is 5.92 Å². The van der Waals surface area contributed by atoms with Crippen molar-refractivity contribution in [1.82, 2.24) is 9.88 Å². The van der Waals surface area contributed by atoms with Crippen LogP contribution in [0.4, 0.5) is 0 Å². The Morgan fingerprint density at radius 1 is 1.41 bits per heavy atom. The van der Waals surface area contributed by atoms with Crippen molar-refractivity contribution >= 4 is 22.8 Å². The molecule has 0 saturated carbocycles. The zero-order valence-electron chi connectivity index (χ0n) is 12.0. The maximum Gasteiger partial charge on any atom is 0.308 e. The van der Waals surface area contributed by atoms with E-state index in [0.29, 0.717) is 6.42 Å². The Balaban J connectivity index is 1.80. The number of H-pyrrole nitrogens is 1. The number of carbonyl (C=O) groups excluding carboxylic acids is 1. The highest BCUT2D eigenvalue weighted by Gasteiger charge is 2.37. The van der Waals surface area contributed by atoms with Crippen molar-refractivity contribution in [3.05, 3.63) is 36.0 Å². The molecule has 2 atom stereocenters. The molecule has 1 aromatic heterocycles. The molecule has 2 heterocycles. The summed E-state index contributed by atoms with van der Waals surface area (Å²) in [6, 6.07) is 7.44. The van der Waals surface area contributed by atoms with Gasteiger partial charge in [-0.25, -0.2) is 0 Å². The monoisotopic (exact) mass is 302 g/mol.